The molecule has 1 aromatic carbocycles. The largest absolute Gasteiger partial charge is 0.388 e. The first-order valence-electron chi connectivity index (χ1n) is 6.87. The fourth-order valence-electron chi connectivity index (χ4n) is 2.03. The maximum Gasteiger partial charge on any atom is 0.242 e. The summed E-state index contributed by atoms with van der Waals surface area (Å²) in [4.78, 5) is 0.203. The first-order chi connectivity index (χ1) is 9.32. The van der Waals surface area contributed by atoms with Crippen molar-refractivity contribution in [3.05, 3.63) is 24.3 Å². The van der Waals surface area contributed by atoms with Crippen LogP contribution in [0.25, 0.3) is 0 Å². The van der Waals surface area contributed by atoms with Gasteiger partial charge in [-0.15, -0.1) is 0 Å². The number of sulfonamides is 1. The number of nitrogens with one attached hydrogen (secondary N) is 2. The summed E-state index contributed by atoms with van der Waals surface area (Å²) < 4.78 is 26.6. The Balaban J connectivity index is 2.92. The van der Waals surface area contributed by atoms with Crippen LogP contribution >= 0.6 is 0 Å². The molecule has 0 bridgehead atoms. The summed E-state index contributed by atoms with van der Waals surface area (Å²) >= 11 is 0. The highest BCUT2D eigenvalue weighted by atomic mass is 32.2. The minimum Gasteiger partial charge on any atom is -0.388 e. The van der Waals surface area contributed by atoms with Gasteiger partial charge in [-0.2, -0.15) is 0 Å². The van der Waals surface area contributed by atoms with Crippen LogP contribution in [-0.4, -0.2) is 32.2 Å². The van der Waals surface area contributed by atoms with Gasteiger partial charge in [0.25, 0.3) is 0 Å². The summed E-state index contributed by atoms with van der Waals surface area (Å²) in [6.07, 6.45) is 1.52. The minimum absolute atomic E-state index is 0.203. The summed E-state index contributed by atoms with van der Waals surface area (Å²) in [5, 5.41) is 13.2. The summed E-state index contributed by atoms with van der Waals surface area (Å²) in [5.74, 6) is 0. The summed E-state index contributed by atoms with van der Waals surface area (Å²) in [6.45, 7) is 6.12. The van der Waals surface area contributed by atoms with Gasteiger partial charge in [0.05, 0.1) is 11.3 Å². The lowest BCUT2D eigenvalue weighted by Crippen LogP contribution is -2.34. The van der Waals surface area contributed by atoms with Gasteiger partial charge >= 0.3 is 0 Å². The fourth-order valence-corrected chi connectivity index (χ4v) is 3.25. The molecule has 5 nitrogen and oxygen atoms in total. The van der Waals surface area contributed by atoms with E-state index in [1.54, 1.807) is 38.1 Å². The zero-order valence-electron chi connectivity index (χ0n) is 12.3. The van der Waals surface area contributed by atoms with Gasteiger partial charge in [0.1, 0.15) is 4.90 Å². The molecule has 1 unspecified atom stereocenters. The van der Waals surface area contributed by atoms with E-state index < -0.39 is 15.6 Å². The first kappa shape index (κ1) is 16.9. The van der Waals surface area contributed by atoms with E-state index in [0.717, 1.165) is 6.42 Å². The molecule has 1 rings (SSSR count). The number of hydrogen-bond acceptors (Lipinski definition) is 4. The van der Waals surface area contributed by atoms with Crippen molar-refractivity contribution in [2.24, 2.45) is 0 Å². The van der Waals surface area contributed by atoms with E-state index in [1.807, 2.05) is 6.92 Å². The Kier molecular flexibility index (Phi) is 5.98. The van der Waals surface area contributed by atoms with Gasteiger partial charge in [-0.3, -0.25) is 0 Å². The van der Waals surface area contributed by atoms with Gasteiger partial charge in [-0.1, -0.05) is 32.4 Å². The molecule has 114 valence electrons. The third kappa shape index (κ3) is 4.77. The number of hydrogen-bond donors (Lipinski definition) is 3. The van der Waals surface area contributed by atoms with Crippen molar-refractivity contribution in [2.75, 3.05) is 18.4 Å². The van der Waals surface area contributed by atoms with Crippen molar-refractivity contribution in [1.29, 1.82) is 0 Å². The zero-order chi connectivity index (χ0) is 15.2. The van der Waals surface area contributed by atoms with E-state index in [-0.39, 0.29) is 4.90 Å². The van der Waals surface area contributed by atoms with Crippen LogP contribution in [0.15, 0.2) is 29.2 Å². The van der Waals surface area contributed by atoms with E-state index in [1.165, 1.54) is 0 Å². The van der Waals surface area contributed by atoms with Gasteiger partial charge in [0, 0.05) is 13.1 Å². The summed E-state index contributed by atoms with van der Waals surface area (Å²) in [7, 11) is -3.52. The lowest BCUT2D eigenvalue weighted by atomic mass is 10.0. The zero-order valence-corrected chi connectivity index (χ0v) is 13.1. The van der Waals surface area contributed by atoms with E-state index >= 15 is 0 Å². The maximum atomic E-state index is 12.1. The fraction of sp³-hybridized carbons (Fsp3) is 0.571. The summed E-state index contributed by atoms with van der Waals surface area (Å²) in [6, 6.07) is 6.70. The third-order valence-corrected chi connectivity index (χ3v) is 4.56. The highest BCUT2D eigenvalue weighted by Crippen LogP contribution is 2.22. The van der Waals surface area contributed by atoms with Crippen LogP contribution in [0.2, 0.25) is 0 Å². The Morgan fingerprint density at radius 1 is 1.25 bits per heavy atom. The molecule has 0 fully saturated rings. The second kappa shape index (κ2) is 7.06. The van der Waals surface area contributed by atoms with Crippen molar-refractivity contribution >= 4 is 15.7 Å². The molecule has 6 heteroatoms. The molecule has 1 aromatic rings. The van der Waals surface area contributed by atoms with Gasteiger partial charge in [-0.25, -0.2) is 13.1 Å². The molecule has 0 heterocycles. The number of benzene rings is 1. The molecule has 0 saturated carbocycles. The molecule has 1 atom stereocenters. The lowest BCUT2D eigenvalue weighted by Gasteiger charge is -2.24. The number of anilines is 1. The smallest absolute Gasteiger partial charge is 0.242 e. The van der Waals surface area contributed by atoms with Crippen LogP contribution < -0.4 is 10.0 Å². The van der Waals surface area contributed by atoms with Gasteiger partial charge < -0.3 is 10.4 Å². The molecular weight excluding hydrogens is 276 g/mol. The standard InChI is InChI=1S/C14H24N2O3S/c1-4-10-14(3,17)11-15-12-8-6-7-9-13(12)20(18,19)16-5-2/h6-9,15-17H,4-5,10-11H2,1-3H3. The predicted octanol–water partition coefficient (Wildman–Crippen LogP) is 1.95. The highest BCUT2D eigenvalue weighted by molar-refractivity contribution is 7.89. The number of aliphatic hydroxyl groups is 1. The van der Waals surface area contributed by atoms with Crippen molar-refractivity contribution in [2.45, 2.75) is 44.1 Å². The molecule has 0 aliphatic carbocycles. The quantitative estimate of drug-likeness (QED) is 0.685. The topological polar surface area (TPSA) is 78.4 Å². The average molecular weight is 300 g/mol. The van der Waals surface area contributed by atoms with Crippen molar-refractivity contribution in [1.82, 2.24) is 4.72 Å². The van der Waals surface area contributed by atoms with Crippen LogP contribution in [0.1, 0.15) is 33.6 Å². The van der Waals surface area contributed by atoms with E-state index in [2.05, 4.69) is 10.0 Å². The molecule has 0 amide bonds. The molecule has 0 aliphatic rings. The van der Waals surface area contributed by atoms with E-state index in [0.29, 0.717) is 25.2 Å². The Morgan fingerprint density at radius 3 is 2.50 bits per heavy atom. The Bertz CT molecular complexity index is 527. The van der Waals surface area contributed by atoms with E-state index in [9.17, 15) is 13.5 Å². The SMILES string of the molecule is CCCC(C)(O)CNc1ccccc1S(=O)(=O)NCC. The molecule has 0 aromatic heterocycles. The second-order valence-electron chi connectivity index (χ2n) is 5.10. The monoisotopic (exact) mass is 300 g/mol. The van der Waals surface area contributed by atoms with E-state index in [4.69, 9.17) is 0 Å². The number of para-hydroxylation sites is 1. The van der Waals surface area contributed by atoms with Crippen molar-refractivity contribution < 1.29 is 13.5 Å². The van der Waals surface area contributed by atoms with Crippen molar-refractivity contribution in [3.63, 3.8) is 0 Å². The van der Waals surface area contributed by atoms with Gasteiger partial charge in [-0.05, 0) is 25.5 Å². The number of rotatable bonds is 8. The van der Waals surface area contributed by atoms with Crippen LogP contribution in [0.5, 0.6) is 0 Å². The van der Waals surface area contributed by atoms with Crippen LogP contribution in [0, 0.1) is 0 Å². The lowest BCUT2D eigenvalue weighted by molar-refractivity contribution is 0.0636. The molecule has 0 radical (unpaired) electrons. The minimum atomic E-state index is -3.52. The van der Waals surface area contributed by atoms with Crippen molar-refractivity contribution in [3.8, 4) is 0 Å². The molecule has 20 heavy (non-hydrogen) atoms. The predicted molar refractivity (Wildman–Crippen MR) is 81.3 cm³/mol. The molecular formula is C14H24N2O3S. The van der Waals surface area contributed by atoms with Gasteiger partial charge in [0.2, 0.25) is 10.0 Å². The van der Waals surface area contributed by atoms with Crippen LogP contribution in [0.4, 0.5) is 5.69 Å². The Labute approximate surface area is 121 Å². The van der Waals surface area contributed by atoms with Gasteiger partial charge in [0.15, 0.2) is 0 Å². The maximum absolute atomic E-state index is 12.1. The van der Waals surface area contributed by atoms with Crippen LogP contribution in [0.3, 0.4) is 0 Å². The summed E-state index contributed by atoms with van der Waals surface area (Å²) in [5.41, 5.74) is -0.353. The molecule has 3 N–H and O–H groups in total. The average Bonchev–Trinajstić information content (AvgIpc) is 2.37. The third-order valence-electron chi connectivity index (χ3n) is 2.96. The molecule has 0 aliphatic heterocycles. The molecule has 0 spiro atoms. The Hall–Kier alpha value is -1.11. The van der Waals surface area contributed by atoms with Crippen LogP contribution in [-0.2, 0) is 10.0 Å². The molecule has 0 saturated heterocycles. The first-order valence-corrected chi connectivity index (χ1v) is 8.35. The Morgan fingerprint density at radius 2 is 1.90 bits per heavy atom. The highest BCUT2D eigenvalue weighted by Gasteiger charge is 2.21. The second-order valence-corrected chi connectivity index (χ2v) is 6.83. The normalized spacial score (nSPS) is 14.8.